The summed E-state index contributed by atoms with van der Waals surface area (Å²) < 4.78 is 5.11. The Balaban J connectivity index is 5.34. The van der Waals surface area contributed by atoms with Gasteiger partial charge in [0, 0.05) is 0 Å². The van der Waals surface area contributed by atoms with Crippen molar-refractivity contribution in [1.29, 1.82) is 0 Å². The molecule has 2 amide bonds. The summed E-state index contributed by atoms with van der Waals surface area (Å²) in [5.74, 6) is -2.13. The van der Waals surface area contributed by atoms with E-state index in [4.69, 9.17) is 16.2 Å². The number of nitrogens with one attached hydrogen (secondary N) is 2. The number of nitrogens with two attached hydrogens (primary N) is 2. The molecule has 0 aliphatic carbocycles. The summed E-state index contributed by atoms with van der Waals surface area (Å²) in [6.45, 7) is 15.3. The van der Waals surface area contributed by atoms with Crippen LogP contribution in [-0.4, -0.2) is 47.9 Å². The van der Waals surface area contributed by atoms with Crippen molar-refractivity contribution in [2.75, 3.05) is 0 Å². The first kappa shape index (κ1) is 31.0. The van der Waals surface area contributed by atoms with Gasteiger partial charge in [0.05, 0.1) is 12.1 Å². The summed E-state index contributed by atoms with van der Waals surface area (Å²) >= 11 is 0. The van der Waals surface area contributed by atoms with Crippen LogP contribution >= 0.6 is 0 Å². The van der Waals surface area contributed by atoms with E-state index in [2.05, 4.69) is 10.6 Å². The zero-order valence-corrected chi connectivity index (χ0v) is 21.6. The van der Waals surface area contributed by atoms with Gasteiger partial charge in [-0.25, -0.2) is 9.59 Å². The smallest absolute Gasteiger partial charge is 0.336 e. The van der Waals surface area contributed by atoms with E-state index < -0.39 is 47.9 Å². The number of hydrogen-bond donors (Lipinski definition) is 4. The van der Waals surface area contributed by atoms with Gasteiger partial charge in [-0.1, -0.05) is 55.4 Å². The van der Waals surface area contributed by atoms with E-state index in [-0.39, 0.29) is 36.5 Å². The van der Waals surface area contributed by atoms with Crippen LogP contribution in [0.4, 0.5) is 0 Å². The van der Waals surface area contributed by atoms with Crippen molar-refractivity contribution in [2.24, 2.45) is 35.1 Å². The maximum atomic E-state index is 12.8. The molecule has 0 aromatic rings. The van der Waals surface area contributed by atoms with Gasteiger partial charge in [-0.15, -0.1) is 0 Å². The molecule has 0 radical (unpaired) electrons. The number of amides is 2. The molecule has 4 atom stereocenters. The third-order valence-corrected chi connectivity index (χ3v) is 4.94. The van der Waals surface area contributed by atoms with Crippen LogP contribution < -0.4 is 22.1 Å². The minimum absolute atomic E-state index is 0.0551. The molecule has 0 saturated carbocycles. The maximum Gasteiger partial charge on any atom is 0.336 e. The fourth-order valence-electron chi connectivity index (χ4n) is 3.40. The summed E-state index contributed by atoms with van der Waals surface area (Å²) in [5, 5.41) is 5.24. The lowest BCUT2D eigenvalue weighted by atomic mass is 10.0. The van der Waals surface area contributed by atoms with Gasteiger partial charge in [-0.2, -0.15) is 0 Å². The standard InChI is InChI=1S/C24H46N4O5/c1-13(2)9-17(25)21(29)27-19(11-15(5)6)23(31)33-24(32)20(12-16(7)8)28-22(30)18(26)10-14(3)4/h13-20H,9-12,25-26H2,1-8H3,(H,27,29)(H,28,30)/t17-,18-,19-,20-/m0/s1. The highest BCUT2D eigenvalue weighted by Crippen LogP contribution is 2.12. The molecule has 0 heterocycles. The van der Waals surface area contributed by atoms with Crippen molar-refractivity contribution in [1.82, 2.24) is 10.6 Å². The van der Waals surface area contributed by atoms with Gasteiger partial charge in [0.1, 0.15) is 12.1 Å². The number of carbonyl (C=O) groups is 4. The van der Waals surface area contributed by atoms with E-state index in [1.807, 2.05) is 55.4 Å². The average molecular weight is 471 g/mol. The van der Waals surface area contributed by atoms with Crippen molar-refractivity contribution in [3.8, 4) is 0 Å². The number of carbonyl (C=O) groups excluding carboxylic acids is 4. The van der Waals surface area contributed by atoms with Crippen molar-refractivity contribution in [3.63, 3.8) is 0 Å². The Morgan fingerprint density at radius 3 is 1.09 bits per heavy atom. The molecule has 0 bridgehead atoms. The summed E-state index contributed by atoms with van der Waals surface area (Å²) in [4.78, 5) is 50.5. The molecular formula is C24H46N4O5. The van der Waals surface area contributed by atoms with Crippen molar-refractivity contribution >= 4 is 23.8 Å². The second kappa shape index (κ2) is 15.0. The second-order valence-corrected chi connectivity index (χ2v) is 10.6. The summed E-state index contributed by atoms with van der Waals surface area (Å²) in [6, 6.07) is -3.56. The highest BCUT2D eigenvalue weighted by atomic mass is 16.6. The van der Waals surface area contributed by atoms with E-state index in [1.54, 1.807) is 0 Å². The van der Waals surface area contributed by atoms with E-state index in [0.717, 1.165) is 0 Å². The number of rotatable bonds is 14. The lowest BCUT2D eigenvalue weighted by molar-refractivity contribution is -0.164. The summed E-state index contributed by atoms with van der Waals surface area (Å²) in [6.07, 6.45) is 1.50. The van der Waals surface area contributed by atoms with Crippen molar-refractivity contribution in [2.45, 2.75) is 105 Å². The molecule has 0 aromatic carbocycles. The van der Waals surface area contributed by atoms with E-state index >= 15 is 0 Å². The van der Waals surface area contributed by atoms with Gasteiger partial charge in [-0.3, -0.25) is 9.59 Å². The molecule has 0 rings (SSSR count). The molecule has 0 fully saturated rings. The van der Waals surface area contributed by atoms with Gasteiger partial charge < -0.3 is 26.8 Å². The van der Waals surface area contributed by atoms with Gasteiger partial charge in [0.2, 0.25) is 11.8 Å². The second-order valence-electron chi connectivity index (χ2n) is 10.6. The molecule has 9 nitrogen and oxygen atoms in total. The monoisotopic (exact) mass is 470 g/mol. The topological polar surface area (TPSA) is 154 Å². The molecule has 6 N–H and O–H groups in total. The first-order valence-corrected chi connectivity index (χ1v) is 12.0. The third-order valence-electron chi connectivity index (χ3n) is 4.94. The van der Waals surface area contributed by atoms with Gasteiger partial charge in [0.15, 0.2) is 0 Å². The zero-order chi connectivity index (χ0) is 25.9. The van der Waals surface area contributed by atoms with Crippen LogP contribution in [0.25, 0.3) is 0 Å². The van der Waals surface area contributed by atoms with Crippen LogP contribution in [0.2, 0.25) is 0 Å². The minimum atomic E-state index is -1.02. The predicted octanol–water partition coefficient (Wildman–Crippen LogP) is 1.86. The van der Waals surface area contributed by atoms with Crippen LogP contribution in [0.5, 0.6) is 0 Å². The number of esters is 2. The van der Waals surface area contributed by atoms with E-state index in [0.29, 0.717) is 12.8 Å². The largest absolute Gasteiger partial charge is 0.390 e. The van der Waals surface area contributed by atoms with Gasteiger partial charge >= 0.3 is 11.9 Å². The first-order valence-electron chi connectivity index (χ1n) is 12.0. The predicted molar refractivity (Wildman–Crippen MR) is 129 cm³/mol. The van der Waals surface area contributed by atoms with Crippen LogP contribution in [0, 0.1) is 23.7 Å². The molecule has 192 valence electrons. The van der Waals surface area contributed by atoms with Crippen molar-refractivity contribution in [3.05, 3.63) is 0 Å². The molecule has 0 aliphatic rings. The van der Waals surface area contributed by atoms with Crippen LogP contribution in [-0.2, 0) is 23.9 Å². The first-order chi connectivity index (χ1) is 15.1. The summed E-state index contributed by atoms with van der Waals surface area (Å²) in [5.41, 5.74) is 11.9. The van der Waals surface area contributed by atoms with Crippen LogP contribution in [0.15, 0.2) is 0 Å². The minimum Gasteiger partial charge on any atom is -0.390 e. The Labute approximate surface area is 199 Å². The molecule has 0 spiro atoms. The summed E-state index contributed by atoms with van der Waals surface area (Å²) in [7, 11) is 0. The van der Waals surface area contributed by atoms with E-state index in [1.165, 1.54) is 0 Å². The Morgan fingerprint density at radius 1 is 0.576 bits per heavy atom. The third kappa shape index (κ3) is 13.3. The molecule has 0 aromatic heterocycles. The lowest BCUT2D eigenvalue weighted by Gasteiger charge is -2.24. The molecule has 9 heteroatoms. The Bertz CT molecular complexity index is 595. The number of hydrogen-bond acceptors (Lipinski definition) is 7. The maximum absolute atomic E-state index is 12.8. The highest BCUT2D eigenvalue weighted by molar-refractivity contribution is 5.95. The molecule has 0 unspecified atom stereocenters. The van der Waals surface area contributed by atoms with Crippen LogP contribution in [0.3, 0.4) is 0 Å². The van der Waals surface area contributed by atoms with Crippen LogP contribution in [0.1, 0.15) is 81.1 Å². The number of ether oxygens (including phenoxy) is 1. The quantitative estimate of drug-likeness (QED) is 0.223. The van der Waals surface area contributed by atoms with Crippen molar-refractivity contribution < 1.29 is 23.9 Å². The Hall–Kier alpha value is -2.00. The molecule has 33 heavy (non-hydrogen) atoms. The molecule has 0 aliphatic heterocycles. The fourth-order valence-corrected chi connectivity index (χ4v) is 3.40. The Morgan fingerprint density at radius 2 is 0.848 bits per heavy atom. The van der Waals surface area contributed by atoms with Gasteiger partial charge in [0.25, 0.3) is 0 Å². The van der Waals surface area contributed by atoms with Gasteiger partial charge in [-0.05, 0) is 49.4 Å². The normalized spacial score (nSPS) is 15.3. The Kier molecular flexibility index (Phi) is 14.1. The SMILES string of the molecule is CC(C)C[C@H](NC(=O)[C@@H](N)CC(C)C)C(=O)OC(=O)[C@H](CC(C)C)NC(=O)[C@@H](N)CC(C)C. The molecule has 0 saturated heterocycles. The lowest BCUT2D eigenvalue weighted by Crippen LogP contribution is -2.52. The fraction of sp³-hybridized carbons (Fsp3) is 0.833. The zero-order valence-electron chi connectivity index (χ0n) is 21.6. The highest BCUT2D eigenvalue weighted by Gasteiger charge is 2.32. The molecular weight excluding hydrogens is 424 g/mol. The average Bonchev–Trinajstić information content (AvgIpc) is 2.64. The van der Waals surface area contributed by atoms with E-state index in [9.17, 15) is 19.2 Å².